The first-order valence-corrected chi connectivity index (χ1v) is 5.44. The molecule has 0 aliphatic heterocycles. The van der Waals surface area contributed by atoms with Gasteiger partial charge in [-0.05, 0) is 6.42 Å². The predicted octanol–water partition coefficient (Wildman–Crippen LogP) is 0.814. The van der Waals surface area contributed by atoms with Crippen molar-refractivity contribution in [3.8, 4) is 0 Å². The number of nitrogens with one attached hydrogen (secondary N) is 1. The Hall–Kier alpha value is -0.940. The van der Waals surface area contributed by atoms with Crippen LogP contribution in [0.25, 0.3) is 0 Å². The zero-order valence-electron chi connectivity index (χ0n) is 9.57. The molecule has 15 heavy (non-hydrogen) atoms. The quantitative estimate of drug-likeness (QED) is 0.648. The molecule has 1 aromatic heterocycles. The Bertz CT molecular complexity index is 262. The van der Waals surface area contributed by atoms with Crippen LogP contribution in [0.15, 0.2) is 6.33 Å². The van der Waals surface area contributed by atoms with E-state index in [0.29, 0.717) is 0 Å². The molecule has 86 valence electrons. The summed E-state index contributed by atoms with van der Waals surface area (Å²) < 4.78 is 6.91. The minimum Gasteiger partial charge on any atom is -0.383 e. The first kappa shape index (κ1) is 12.1. The van der Waals surface area contributed by atoms with Crippen LogP contribution in [0.2, 0.25) is 0 Å². The van der Waals surface area contributed by atoms with E-state index in [1.54, 1.807) is 13.4 Å². The van der Waals surface area contributed by atoms with Gasteiger partial charge in [-0.1, -0.05) is 13.3 Å². The molecule has 1 aromatic rings. The molecule has 0 unspecified atom stereocenters. The number of rotatable bonds is 8. The third-order valence-electron chi connectivity index (χ3n) is 2.19. The second kappa shape index (κ2) is 7.36. The molecule has 0 aromatic carbocycles. The summed E-state index contributed by atoms with van der Waals surface area (Å²) in [5.41, 5.74) is 0. The molecular formula is C10H20N4O. The molecular weight excluding hydrogens is 192 g/mol. The van der Waals surface area contributed by atoms with Gasteiger partial charge in [0, 0.05) is 20.2 Å². The first-order valence-electron chi connectivity index (χ1n) is 5.44. The smallest absolute Gasteiger partial charge is 0.140 e. The lowest BCUT2D eigenvalue weighted by atomic mass is 10.3. The standard InChI is InChI=1S/C10H20N4O/c1-3-4-6-14-10(12-9-13-14)8-11-5-7-15-2/h9,11H,3-8H2,1-2H3. The minimum absolute atomic E-state index is 0.725. The predicted molar refractivity (Wildman–Crippen MR) is 58.5 cm³/mol. The zero-order valence-corrected chi connectivity index (χ0v) is 9.57. The molecule has 5 nitrogen and oxygen atoms in total. The van der Waals surface area contributed by atoms with Crippen LogP contribution in [0.1, 0.15) is 25.6 Å². The minimum atomic E-state index is 0.725. The van der Waals surface area contributed by atoms with Crippen molar-refractivity contribution < 1.29 is 4.74 Å². The molecule has 0 saturated heterocycles. The number of aryl methyl sites for hydroxylation is 1. The molecule has 1 N–H and O–H groups in total. The summed E-state index contributed by atoms with van der Waals surface area (Å²) in [7, 11) is 1.70. The van der Waals surface area contributed by atoms with E-state index in [0.717, 1.165) is 38.5 Å². The number of hydrogen-bond acceptors (Lipinski definition) is 4. The number of aromatic nitrogens is 3. The van der Waals surface area contributed by atoms with E-state index in [1.165, 1.54) is 6.42 Å². The van der Waals surface area contributed by atoms with E-state index in [9.17, 15) is 0 Å². The van der Waals surface area contributed by atoms with Crippen LogP contribution in [0, 0.1) is 0 Å². The summed E-state index contributed by atoms with van der Waals surface area (Å²) in [6.45, 7) is 5.46. The van der Waals surface area contributed by atoms with Gasteiger partial charge in [0.1, 0.15) is 12.2 Å². The van der Waals surface area contributed by atoms with Crippen molar-refractivity contribution in [2.45, 2.75) is 32.9 Å². The maximum Gasteiger partial charge on any atom is 0.140 e. The van der Waals surface area contributed by atoms with Crippen LogP contribution in [-0.4, -0.2) is 35.0 Å². The summed E-state index contributed by atoms with van der Waals surface area (Å²) in [5.74, 6) is 1.000. The Morgan fingerprint density at radius 3 is 3.13 bits per heavy atom. The highest BCUT2D eigenvalue weighted by Crippen LogP contribution is 1.97. The topological polar surface area (TPSA) is 52.0 Å². The Morgan fingerprint density at radius 1 is 1.53 bits per heavy atom. The summed E-state index contributed by atoms with van der Waals surface area (Å²) in [6, 6.07) is 0. The first-order chi connectivity index (χ1) is 7.38. The van der Waals surface area contributed by atoms with Crippen LogP contribution in [0.5, 0.6) is 0 Å². The van der Waals surface area contributed by atoms with Crippen LogP contribution in [-0.2, 0) is 17.8 Å². The van der Waals surface area contributed by atoms with E-state index < -0.39 is 0 Å². The average molecular weight is 212 g/mol. The molecule has 5 heteroatoms. The lowest BCUT2D eigenvalue weighted by molar-refractivity contribution is 0.198. The van der Waals surface area contributed by atoms with Gasteiger partial charge in [0.25, 0.3) is 0 Å². The average Bonchev–Trinajstić information content (AvgIpc) is 2.69. The highest BCUT2D eigenvalue weighted by Gasteiger charge is 2.02. The van der Waals surface area contributed by atoms with E-state index in [1.807, 2.05) is 4.68 Å². The summed E-state index contributed by atoms with van der Waals surface area (Å²) in [4.78, 5) is 4.22. The number of hydrogen-bond donors (Lipinski definition) is 1. The maximum absolute atomic E-state index is 4.95. The molecule has 0 saturated carbocycles. The number of methoxy groups -OCH3 is 1. The van der Waals surface area contributed by atoms with Gasteiger partial charge >= 0.3 is 0 Å². The Labute approximate surface area is 90.8 Å². The van der Waals surface area contributed by atoms with Crippen molar-refractivity contribution in [3.63, 3.8) is 0 Å². The summed E-state index contributed by atoms with van der Waals surface area (Å²) in [5, 5.41) is 7.44. The molecule has 0 fully saturated rings. The van der Waals surface area contributed by atoms with Crippen molar-refractivity contribution in [2.75, 3.05) is 20.3 Å². The number of unbranched alkanes of at least 4 members (excludes halogenated alkanes) is 1. The molecule has 0 spiro atoms. The molecule has 0 aliphatic carbocycles. The molecule has 0 atom stereocenters. The highest BCUT2D eigenvalue weighted by molar-refractivity contribution is 4.83. The Morgan fingerprint density at radius 2 is 2.40 bits per heavy atom. The Balaban J connectivity index is 2.29. The van der Waals surface area contributed by atoms with Crippen LogP contribution in [0.4, 0.5) is 0 Å². The van der Waals surface area contributed by atoms with Crippen molar-refractivity contribution in [2.24, 2.45) is 0 Å². The van der Waals surface area contributed by atoms with E-state index >= 15 is 0 Å². The van der Waals surface area contributed by atoms with Crippen molar-refractivity contribution in [3.05, 3.63) is 12.2 Å². The second-order valence-electron chi connectivity index (χ2n) is 3.42. The van der Waals surface area contributed by atoms with Gasteiger partial charge in [0.15, 0.2) is 0 Å². The van der Waals surface area contributed by atoms with Gasteiger partial charge in [0.2, 0.25) is 0 Å². The number of ether oxygens (including phenoxy) is 1. The molecule has 1 heterocycles. The molecule has 0 amide bonds. The summed E-state index contributed by atoms with van der Waals surface area (Å²) >= 11 is 0. The zero-order chi connectivity index (χ0) is 10.9. The van der Waals surface area contributed by atoms with Crippen molar-refractivity contribution in [1.29, 1.82) is 0 Å². The fourth-order valence-electron chi connectivity index (χ4n) is 1.29. The highest BCUT2D eigenvalue weighted by atomic mass is 16.5. The van der Waals surface area contributed by atoms with E-state index in [4.69, 9.17) is 4.74 Å². The fourth-order valence-corrected chi connectivity index (χ4v) is 1.29. The summed E-state index contributed by atoms with van der Waals surface area (Å²) in [6.07, 6.45) is 3.94. The third kappa shape index (κ3) is 4.40. The second-order valence-corrected chi connectivity index (χ2v) is 3.42. The normalized spacial score (nSPS) is 10.8. The maximum atomic E-state index is 4.95. The van der Waals surface area contributed by atoms with Gasteiger partial charge < -0.3 is 10.1 Å². The molecule has 1 rings (SSSR count). The van der Waals surface area contributed by atoms with Crippen LogP contribution in [0.3, 0.4) is 0 Å². The van der Waals surface area contributed by atoms with Crippen LogP contribution < -0.4 is 5.32 Å². The van der Waals surface area contributed by atoms with E-state index in [-0.39, 0.29) is 0 Å². The van der Waals surface area contributed by atoms with Gasteiger partial charge in [-0.15, -0.1) is 0 Å². The lowest BCUT2D eigenvalue weighted by Crippen LogP contribution is -2.21. The lowest BCUT2D eigenvalue weighted by Gasteiger charge is -2.06. The number of nitrogens with zero attached hydrogens (tertiary/aromatic N) is 3. The van der Waals surface area contributed by atoms with Gasteiger partial charge in [-0.2, -0.15) is 5.10 Å². The van der Waals surface area contributed by atoms with E-state index in [2.05, 4.69) is 22.3 Å². The van der Waals surface area contributed by atoms with Gasteiger partial charge in [-0.3, -0.25) is 0 Å². The third-order valence-corrected chi connectivity index (χ3v) is 2.19. The van der Waals surface area contributed by atoms with Gasteiger partial charge in [-0.25, -0.2) is 9.67 Å². The van der Waals surface area contributed by atoms with Crippen molar-refractivity contribution >= 4 is 0 Å². The van der Waals surface area contributed by atoms with Gasteiger partial charge in [0.05, 0.1) is 13.2 Å². The SMILES string of the molecule is CCCCn1ncnc1CNCCOC. The van der Waals surface area contributed by atoms with Crippen LogP contribution >= 0.6 is 0 Å². The molecule has 0 aliphatic rings. The van der Waals surface area contributed by atoms with Crippen molar-refractivity contribution in [1.82, 2.24) is 20.1 Å². The Kier molecular flexibility index (Phi) is 5.96. The molecule has 0 radical (unpaired) electrons. The fraction of sp³-hybridized carbons (Fsp3) is 0.800. The largest absolute Gasteiger partial charge is 0.383 e. The monoisotopic (exact) mass is 212 g/mol. The molecule has 0 bridgehead atoms.